The smallest absolute Gasteiger partial charge is 0.312 e. The molecule has 8 nitrogen and oxygen atoms in total. The van der Waals surface area contributed by atoms with Gasteiger partial charge in [0.1, 0.15) is 5.75 Å². The van der Waals surface area contributed by atoms with Crippen LogP contribution in [0.2, 0.25) is 5.02 Å². The maximum absolute atomic E-state index is 12.7. The lowest BCUT2D eigenvalue weighted by Gasteiger charge is -2.36. The highest BCUT2D eigenvalue weighted by molar-refractivity contribution is 6.31. The van der Waals surface area contributed by atoms with Crippen LogP contribution in [0.15, 0.2) is 18.2 Å². The van der Waals surface area contributed by atoms with Crippen molar-refractivity contribution in [1.29, 1.82) is 0 Å². The van der Waals surface area contributed by atoms with Crippen LogP contribution >= 0.6 is 11.6 Å². The molecule has 0 saturated carbocycles. The predicted molar refractivity (Wildman–Crippen MR) is 111 cm³/mol. The fraction of sp³-hybridized carbons (Fsp3) is 0.571. The fourth-order valence-corrected chi connectivity index (χ4v) is 4.07. The molecule has 2 aliphatic heterocycles. The highest BCUT2D eigenvalue weighted by Crippen LogP contribution is 2.35. The zero-order chi connectivity index (χ0) is 22.0. The Morgan fingerprint density at radius 3 is 2.50 bits per heavy atom. The molecule has 0 N–H and O–H groups in total. The van der Waals surface area contributed by atoms with Crippen molar-refractivity contribution in [2.45, 2.75) is 45.5 Å². The molecule has 2 amide bonds. The minimum Gasteiger partial charge on any atom is -0.495 e. The first-order valence-corrected chi connectivity index (χ1v) is 10.4. The van der Waals surface area contributed by atoms with Gasteiger partial charge in [0.2, 0.25) is 5.91 Å². The van der Waals surface area contributed by atoms with Gasteiger partial charge in [-0.25, -0.2) is 0 Å². The number of carbonyl (C=O) groups excluding carboxylic acids is 3. The number of morpholine rings is 1. The van der Waals surface area contributed by atoms with Crippen LogP contribution in [0.25, 0.3) is 0 Å². The van der Waals surface area contributed by atoms with Crippen molar-refractivity contribution in [1.82, 2.24) is 4.90 Å². The number of halogens is 1. The molecular formula is C21H27ClN2O6. The van der Waals surface area contributed by atoms with Gasteiger partial charge < -0.3 is 24.0 Å². The molecule has 164 valence electrons. The van der Waals surface area contributed by atoms with Crippen LogP contribution in [0.4, 0.5) is 5.69 Å². The molecule has 30 heavy (non-hydrogen) atoms. The van der Waals surface area contributed by atoms with E-state index in [0.717, 1.165) is 0 Å². The van der Waals surface area contributed by atoms with Crippen molar-refractivity contribution in [3.8, 4) is 5.75 Å². The number of hydrogen-bond acceptors (Lipinski definition) is 6. The SMILES string of the molecule is COc1ccc(Cl)cc1N1C[C@H](C(=O)O[C@H](C)C(=O)N2C[C@@H](C)O[C@@H](C)C2)CC1=O. The van der Waals surface area contributed by atoms with Crippen molar-refractivity contribution in [3.05, 3.63) is 23.2 Å². The van der Waals surface area contributed by atoms with Gasteiger partial charge in [-0.2, -0.15) is 0 Å². The van der Waals surface area contributed by atoms with E-state index in [4.69, 9.17) is 25.8 Å². The minimum absolute atomic E-state index is 0.00103. The van der Waals surface area contributed by atoms with Crippen LogP contribution in [0.5, 0.6) is 5.75 Å². The van der Waals surface area contributed by atoms with Crippen LogP contribution in [0.1, 0.15) is 27.2 Å². The number of anilines is 1. The molecule has 3 rings (SSSR count). The summed E-state index contributed by atoms with van der Waals surface area (Å²) in [5, 5.41) is 0.456. The van der Waals surface area contributed by atoms with Gasteiger partial charge in [-0.05, 0) is 39.0 Å². The number of benzene rings is 1. The van der Waals surface area contributed by atoms with Gasteiger partial charge in [0.05, 0.1) is 30.9 Å². The van der Waals surface area contributed by atoms with E-state index >= 15 is 0 Å². The van der Waals surface area contributed by atoms with Crippen molar-refractivity contribution >= 4 is 35.1 Å². The number of esters is 1. The average molecular weight is 439 g/mol. The molecule has 2 fully saturated rings. The molecule has 0 unspecified atom stereocenters. The Hall–Kier alpha value is -2.32. The van der Waals surface area contributed by atoms with Crippen LogP contribution in [0, 0.1) is 5.92 Å². The Kier molecular flexibility index (Phi) is 6.88. The molecule has 9 heteroatoms. The number of methoxy groups -OCH3 is 1. The fourth-order valence-electron chi connectivity index (χ4n) is 3.91. The Morgan fingerprint density at radius 2 is 1.87 bits per heavy atom. The molecule has 0 bridgehead atoms. The Labute approximate surface area is 181 Å². The van der Waals surface area contributed by atoms with Gasteiger partial charge in [-0.15, -0.1) is 0 Å². The number of nitrogens with zero attached hydrogens (tertiary/aromatic N) is 2. The first kappa shape index (κ1) is 22.4. The summed E-state index contributed by atoms with van der Waals surface area (Å²) in [6, 6.07) is 4.96. The van der Waals surface area contributed by atoms with Crippen molar-refractivity contribution in [2.75, 3.05) is 31.6 Å². The van der Waals surface area contributed by atoms with E-state index in [1.165, 1.54) is 12.0 Å². The molecule has 0 aliphatic carbocycles. The third-order valence-electron chi connectivity index (χ3n) is 5.26. The van der Waals surface area contributed by atoms with Gasteiger partial charge in [-0.3, -0.25) is 14.4 Å². The first-order chi connectivity index (χ1) is 14.2. The molecule has 0 spiro atoms. The van der Waals surface area contributed by atoms with Gasteiger partial charge in [0, 0.05) is 31.1 Å². The summed E-state index contributed by atoms with van der Waals surface area (Å²) in [4.78, 5) is 41.0. The van der Waals surface area contributed by atoms with Gasteiger partial charge >= 0.3 is 5.97 Å². The Balaban J connectivity index is 1.63. The summed E-state index contributed by atoms with van der Waals surface area (Å²) in [5.74, 6) is -1.24. The summed E-state index contributed by atoms with van der Waals surface area (Å²) >= 11 is 6.06. The lowest BCUT2D eigenvalue weighted by atomic mass is 10.1. The highest BCUT2D eigenvalue weighted by atomic mass is 35.5. The largest absolute Gasteiger partial charge is 0.495 e. The molecule has 1 aromatic rings. The van der Waals surface area contributed by atoms with Gasteiger partial charge in [0.15, 0.2) is 6.10 Å². The van der Waals surface area contributed by atoms with E-state index in [1.54, 1.807) is 30.0 Å². The van der Waals surface area contributed by atoms with E-state index in [9.17, 15) is 14.4 Å². The number of ether oxygens (including phenoxy) is 3. The van der Waals surface area contributed by atoms with E-state index in [1.807, 2.05) is 13.8 Å². The summed E-state index contributed by atoms with van der Waals surface area (Å²) in [7, 11) is 1.50. The third-order valence-corrected chi connectivity index (χ3v) is 5.50. The van der Waals surface area contributed by atoms with E-state index in [0.29, 0.717) is 29.5 Å². The number of amides is 2. The monoisotopic (exact) mass is 438 g/mol. The maximum Gasteiger partial charge on any atom is 0.312 e. The van der Waals surface area contributed by atoms with E-state index < -0.39 is 18.0 Å². The van der Waals surface area contributed by atoms with E-state index in [2.05, 4.69) is 0 Å². The second-order valence-corrected chi connectivity index (χ2v) is 8.24. The molecule has 4 atom stereocenters. The zero-order valence-electron chi connectivity index (χ0n) is 17.6. The highest BCUT2D eigenvalue weighted by Gasteiger charge is 2.39. The minimum atomic E-state index is -0.931. The molecular weight excluding hydrogens is 412 g/mol. The normalized spacial score (nSPS) is 25.2. The molecule has 2 heterocycles. The standard InChI is InChI=1S/C21H27ClN2O6/c1-12-9-23(10-13(2)29-12)20(26)14(3)30-21(27)15-7-19(25)24(11-15)17-8-16(22)5-6-18(17)28-4/h5-6,8,12-15H,7,9-11H2,1-4H3/t12-,13+,14-,15-/m1/s1. The van der Waals surface area contributed by atoms with E-state index in [-0.39, 0.29) is 37.0 Å². The number of rotatable bonds is 5. The lowest BCUT2D eigenvalue weighted by molar-refractivity contribution is -0.166. The second-order valence-electron chi connectivity index (χ2n) is 7.80. The molecule has 2 aliphatic rings. The van der Waals surface area contributed by atoms with Crippen LogP contribution in [-0.2, 0) is 23.9 Å². The quantitative estimate of drug-likeness (QED) is 0.655. The Bertz CT molecular complexity index is 822. The summed E-state index contributed by atoms with van der Waals surface area (Å²) in [6.45, 7) is 6.40. The average Bonchev–Trinajstić information content (AvgIpc) is 3.08. The molecule has 0 aromatic heterocycles. The number of carbonyl (C=O) groups is 3. The summed E-state index contributed by atoms with van der Waals surface area (Å²) < 4.78 is 16.4. The van der Waals surface area contributed by atoms with Crippen LogP contribution < -0.4 is 9.64 Å². The molecule has 2 saturated heterocycles. The third kappa shape index (κ3) is 4.87. The second kappa shape index (κ2) is 9.22. The summed E-state index contributed by atoms with van der Waals surface area (Å²) in [6.07, 6.45) is -1.08. The van der Waals surface area contributed by atoms with Crippen LogP contribution in [0.3, 0.4) is 0 Å². The maximum atomic E-state index is 12.7. The van der Waals surface area contributed by atoms with Crippen LogP contribution in [-0.4, -0.2) is 67.7 Å². The molecule has 1 aromatic carbocycles. The van der Waals surface area contributed by atoms with Crippen molar-refractivity contribution in [2.24, 2.45) is 5.92 Å². The topological polar surface area (TPSA) is 85.4 Å². The summed E-state index contributed by atoms with van der Waals surface area (Å²) in [5.41, 5.74) is 0.505. The Morgan fingerprint density at radius 1 is 1.20 bits per heavy atom. The first-order valence-electron chi connectivity index (χ1n) is 9.98. The number of hydrogen-bond donors (Lipinski definition) is 0. The predicted octanol–water partition coefficient (Wildman–Crippen LogP) is 2.27. The van der Waals surface area contributed by atoms with Crippen molar-refractivity contribution < 1.29 is 28.6 Å². The lowest BCUT2D eigenvalue weighted by Crippen LogP contribution is -2.51. The van der Waals surface area contributed by atoms with Gasteiger partial charge in [0.25, 0.3) is 5.91 Å². The van der Waals surface area contributed by atoms with Gasteiger partial charge in [-0.1, -0.05) is 11.6 Å². The zero-order valence-corrected chi connectivity index (χ0v) is 18.3. The van der Waals surface area contributed by atoms with Crippen molar-refractivity contribution in [3.63, 3.8) is 0 Å². The molecule has 0 radical (unpaired) electrons.